The zero-order valence-corrected chi connectivity index (χ0v) is 8.34. The molecule has 0 saturated heterocycles. The maximum atomic E-state index is 10.9. The van der Waals surface area contributed by atoms with Gasteiger partial charge >= 0.3 is 0 Å². The Morgan fingerprint density at radius 3 is 2.25 bits per heavy atom. The fourth-order valence-corrected chi connectivity index (χ4v) is 1.92. The Morgan fingerprint density at radius 1 is 1.00 bits per heavy atom. The molecule has 1 atom stereocenters. The highest BCUT2D eigenvalue weighted by molar-refractivity contribution is 6.18. The zero-order valence-electron chi connectivity index (χ0n) is 8.34. The van der Waals surface area contributed by atoms with Gasteiger partial charge in [0.25, 0.3) is 0 Å². The highest BCUT2D eigenvalue weighted by atomic mass is 16.1. The number of allylic oxidation sites excluding steroid dienone is 2. The lowest BCUT2D eigenvalue weighted by atomic mass is 9.98. The van der Waals surface area contributed by atoms with Crippen molar-refractivity contribution in [3.63, 3.8) is 0 Å². The predicted octanol–water partition coefficient (Wildman–Crippen LogP) is 0.309. The second-order valence-corrected chi connectivity index (χ2v) is 3.31. The maximum Gasteiger partial charge on any atom is 0.151 e. The largest absolute Gasteiger partial charge is 0.412 e. The smallest absolute Gasteiger partial charge is 0.151 e. The molecule has 1 unspecified atom stereocenters. The molecule has 0 aromatic heterocycles. The highest BCUT2D eigenvalue weighted by Gasteiger charge is 2.29. The summed E-state index contributed by atoms with van der Waals surface area (Å²) < 4.78 is 0. The van der Waals surface area contributed by atoms with Crippen LogP contribution < -0.4 is 0 Å². The normalized spacial score (nSPS) is 17.4. The summed E-state index contributed by atoms with van der Waals surface area (Å²) in [5.74, 6) is -0.584. The molecule has 2 N–H and O–H groups in total. The first-order valence-electron chi connectivity index (χ1n) is 4.52. The monoisotopic (exact) mass is 218 g/mol. The summed E-state index contributed by atoms with van der Waals surface area (Å²) in [6.07, 6.45) is 1.91. The number of benzene rings is 1. The Kier molecular flexibility index (Phi) is 3.48. The molecule has 2 rings (SSSR count). The molecule has 1 aromatic rings. The van der Waals surface area contributed by atoms with Crippen molar-refractivity contribution in [3.8, 4) is 0 Å². The average Bonchev–Trinajstić information content (AvgIpc) is 2.61. The molecule has 0 spiro atoms. The molecular formula is C12H10O4. The average molecular weight is 218 g/mol. The fraction of sp³-hybridized carbons (Fsp3) is 0.0833. The van der Waals surface area contributed by atoms with Crippen molar-refractivity contribution < 1.29 is 19.9 Å². The summed E-state index contributed by atoms with van der Waals surface area (Å²) in [5.41, 5.74) is 2.02. The first-order chi connectivity index (χ1) is 7.33. The summed E-state index contributed by atoms with van der Waals surface area (Å²) in [5, 5.41) is 0. The second-order valence-electron chi connectivity index (χ2n) is 3.31. The number of aldehydes is 3. The summed E-state index contributed by atoms with van der Waals surface area (Å²) in [7, 11) is 0. The third-order valence-electron chi connectivity index (χ3n) is 2.61. The van der Waals surface area contributed by atoms with Gasteiger partial charge in [-0.05, 0) is 11.1 Å². The number of carbonyl (C=O) groups excluding carboxylic acids is 3. The molecular weight excluding hydrogens is 208 g/mol. The van der Waals surface area contributed by atoms with E-state index in [9.17, 15) is 14.4 Å². The third-order valence-corrected chi connectivity index (χ3v) is 2.61. The molecule has 0 bridgehead atoms. The van der Waals surface area contributed by atoms with E-state index in [4.69, 9.17) is 0 Å². The maximum absolute atomic E-state index is 10.9. The van der Waals surface area contributed by atoms with Crippen LogP contribution in [-0.2, 0) is 14.4 Å². The van der Waals surface area contributed by atoms with Gasteiger partial charge in [-0.2, -0.15) is 0 Å². The molecule has 1 aliphatic carbocycles. The van der Waals surface area contributed by atoms with Gasteiger partial charge in [0.05, 0.1) is 5.92 Å². The molecule has 82 valence electrons. The number of fused-ring (bicyclic) bond motifs is 1. The van der Waals surface area contributed by atoms with Crippen LogP contribution in [0.1, 0.15) is 17.0 Å². The van der Waals surface area contributed by atoms with Crippen LogP contribution in [0.4, 0.5) is 0 Å². The van der Waals surface area contributed by atoms with Crippen LogP contribution in [0.2, 0.25) is 0 Å². The number of hydrogen-bond donors (Lipinski definition) is 0. The first kappa shape index (κ1) is 12.0. The van der Waals surface area contributed by atoms with E-state index in [0.29, 0.717) is 30.0 Å². The van der Waals surface area contributed by atoms with Gasteiger partial charge in [-0.3, -0.25) is 9.59 Å². The van der Waals surface area contributed by atoms with Crippen molar-refractivity contribution in [3.05, 3.63) is 41.0 Å². The standard InChI is InChI=1S/C12H8O3.H2O/c13-5-10-8-3-1-2-4-9(8)11(6-14)12(10)7-15;/h1-7,10H;1H2. The van der Waals surface area contributed by atoms with Gasteiger partial charge in [-0.25, -0.2) is 0 Å². The van der Waals surface area contributed by atoms with E-state index in [0.717, 1.165) is 5.56 Å². The van der Waals surface area contributed by atoms with Gasteiger partial charge < -0.3 is 10.3 Å². The van der Waals surface area contributed by atoms with Crippen LogP contribution in [0.15, 0.2) is 29.8 Å². The molecule has 0 amide bonds. The Balaban J connectivity index is 0.00000128. The van der Waals surface area contributed by atoms with Crippen LogP contribution in [0.25, 0.3) is 5.57 Å². The SMILES string of the molecule is O.O=CC1=C(C=O)C(C=O)c2ccccc21. The van der Waals surface area contributed by atoms with Crippen molar-refractivity contribution in [1.29, 1.82) is 0 Å². The van der Waals surface area contributed by atoms with Gasteiger partial charge in [0, 0.05) is 11.1 Å². The van der Waals surface area contributed by atoms with Crippen LogP contribution in [0.5, 0.6) is 0 Å². The van der Waals surface area contributed by atoms with Crippen LogP contribution in [0, 0.1) is 0 Å². The minimum Gasteiger partial charge on any atom is -0.412 e. The van der Waals surface area contributed by atoms with Crippen LogP contribution in [0.3, 0.4) is 0 Å². The van der Waals surface area contributed by atoms with Gasteiger partial charge in [-0.15, -0.1) is 0 Å². The van der Waals surface area contributed by atoms with Gasteiger partial charge in [0.1, 0.15) is 12.6 Å². The molecule has 4 nitrogen and oxygen atoms in total. The van der Waals surface area contributed by atoms with Crippen LogP contribution >= 0.6 is 0 Å². The second kappa shape index (κ2) is 4.63. The molecule has 1 aliphatic rings. The van der Waals surface area contributed by atoms with E-state index in [1.807, 2.05) is 0 Å². The number of carbonyl (C=O) groups is 3. The summed E-state index contributed by atoms with van der Waals surface area (Å²) in [6, 6.07) is 7.06. The highest BCUT2D eigenvalue weighted by Crippen LogP contribution is 2.38. The van der Waals surface area contributed by atoms with Crippen molar-refractivity contribution in [2.45, 2.75) is 5.92 Å². The minimum absolute atomic E-state index is 0. The molecule has 0 radical (unpaired) electrons. The van der Waals surface area contributed by atoms with Crippen molar-refractivity contribution in [1.82, 2.24) is 0 Å². The van der Waals surface area contributed by atoms with Gasteiger partial charge in [0.15, 0.2) is 6.29 Å². The minimum atomic E-state index is -0.584. The molecule has 4 heteroatoms. The molecule has 1 aromatic carbocycles. The summed E-state index contributed by atoms with van der Waals surface area (Å²) >= 11 is 0. The van der Waals surface area contributed by atoms with Crippen molar-refractivity contribution in [2.75, 3.05) is 0 Å². The fourth-order valence-electron chi connectivity index (χ4n) is 1.92. The number of hydrogen-bond acceptors (Lipinski definition) is 3. The molecule has 0 saturated carbocycles. The Morgan fingerprint density at radius 2 is 1.69 bits per heavy atom. The van der Waals surface area contributed by atoms with Crippen molar-refractivity contribution in [2.24, 2.45) is 0 Å². The van der Waals surface area contributed by atoms with E-state index in [2.05, 4.69) is 0 Å². The lowest BCUT2D eigenvalue weighted by Gasteiger charge is -2.03. The van der Waals surface area contributed by atoms with Gasteiger partial charge in [-0.1, -0.05) is 24.3 Å². The van der Waals surface area contributed by atoms with Gasteiger partial charge in [0.2, 0.25) is 0 Å². The molecule has 0 fully saturated rings. The topological polar surface area (TPSA) is 82.7 Å². The lowest BCUT2D eigenvalue weighted by molar-refractivity contribution is -0.110. The third kappa shape index (κ3) is 1.49. The van der Waals surface area contributed by atoms with E-state index in [1.165, 1.54) is 0 Å². The molecule has 0 aliphatic heterocycles. The Hall–Kier alpha value is -2.07. The van der Waals surface area contributed by atoms with E-state index in [1.54, 1.807) is 24.3 Å². The Labute approximate surface area is 91.9 Å². The summed E-state index contributed by atoms with van der Waals surface area (Å²) in [4.78, 5) is 32.6. The van der Waals surface area contributed by atoms with E-state index >= 15 is 0 Å². The van der Waals surface area contributed by atoms with Crippen molar-refractivity contribution >= 4 is 24.4 Å². The van der Waals surface area contributed by atoms with Crippen LogP contribution in [-0.4, -0.2) is 24.3 Å². The first-order valence-corrected chi connectivity index (χ1v) is 4.52. The molecule has 16 heavy (non-hydrogen) atoms. The zero-order chi connectivity index (χ0) is 10.8. The molecule has 0 heterocycles. The number of rotatable bonds is 3. The predicted molar refractivity (Wildman–Crippen MR) is 57.9 cm³/mol. The summed E-state index contributed by atoms with van der Waals surface area (Å²) in [6.45, 7) is 0. The quantitative estimate of drug-likeness (QED) is 0.684. The lowest BCUT2D eigenvalue weighted by Crippen LogP contribution is -2.01. The van der Waals surface area contributed by atoms with E-state index in [-0.39, 0.29) is 11.0 Å². The van der Waals surface area contributed by atoms with E-state index < -0.39 is 5.92 Å². The Bertz CT molecular complexity index is 474.